The lowest BCUT2D eigenvalue weighted by atomic mass is 10.1. The van der Waals surface area contributed by atoms with Crippen molar-refractivity contribution in [3.8, 4) is 0 Å². The lowest BCUT2D eigenvalue weighted by molar-refractivity contribution is 0.149. The van der Waals surface area contributed by atoms with E-state index in [1.54, 1.807) is 17.0 Å². The molecule has 0 spiro atoms. The summed E-state index contributed by atoms with van der Waals surface area (Å²) in [6.07, 6.45) is -1.00. The van der Waals surface area contributed by atoms with Crippen molar-refractivity contribution in [1.29, 1.82) is 0 Å². The third-order valence-electron chi connectivity index (χ3n) is 3.43. The summed E-state index contributed by atoms with van der Waals surface area (Å²) < 4.78 is 40.8. The van der Waals surface area contributed by atoms with Gasteiger partial charge >= 0.3 is 6.09 Å². The van der Waals surface area contributed by atoms with E-state index in [9.17, 15) is 13.4 Å². The third-order valence-corrected chi connectivity index (χ3v) is 4.24. The Morgan fingerprint density at radius 2 is 2.00 bits per heavy atom. The van der Waals surface area contributed by atoms with Gasteiger partial charge in [-0.25, -0.2) is 13.4 Å². The molecule has 1 aromatic rings. The number of guanidine groups is 1. The van der Waals surface area contributed by atoms with Crippen molar-refractivity contribution in [2.75, 3.05) is 31.1 Å². The van der Waals surface area contributed by atoms with E-state index in [1.807, 2.05) is 0 Å². The van der Waals surface area contributed by atoms with Crippen LogP contribution in [0.1, 0.15) is 5.56 Å². The molecule has 1 aromatic carbocycles. The highest BCUT2D eigenvalue weighted by Gasteiger charge is 2.23. The van der Waals surface area contributed by atoms with E-state index in [0.717, 1.165) is 0 Å². The first-order valence-electron chi connectivity index (χ1n) is 7.03. The lowest BCUT2D eigenvalue weighted by Crippen LogP contribution is -2.47. The van der Waals surface area contributed by atoms with E-state index in [4.69, 9.17) is 20.8 Å². The van der Waals surface area contributed by atoms with E-state index in [1.165, 1.54) is 10.4 Å². The van der Waals surface area contributed by atoms with Gasteiger partial charge in [0.2, 0.25) is 11.3 Å². The van der Waals surface area contributed by atoms with Gasteiger partial charge < -0.3 is 21.1 Å². The molecule has 0 radical (unpaired) electrons. The highest BCUT2D eigenvalue weighted by atomic mass is 32.2. The fourth-order valence-electron chi connectivity index (χ4n) is 2.28. The predicted octanol–water partition coefficient (Wildman–Crippen LogP) is -0.00560. The number of amides is 1. The molecule has 2 rings (SSSR count). The van der Waals surface area contributed by atoms with Crippen LogP contribution in [0.4, 0.5) is 14.9 Å². The lowest BCUT2D eigenvalue weighted by Gasteiger charge is -2.34. The summed E-state index contributed by atoms with van der Waals surface area (Å²) in [5.41, 5.74) is 10.6. The van der Waals surface area contributed by atoms with Gasteiger partial charge in [-0.1, -0.05) is 12.1 Å². The van der Waals surface area contributed by atoms with Gasteiger partial charge in [0, 0.05) is 31.7 Å². The van der Waals surface area contributed by atoms with Gasteiger partial charge in [-0.3, -0.25) is 4.55 Å². The minimum atomic E-state index is -2.02. The summed E-state index contributed by atoms with van der Waals surface area (Å²) in [7, 11) is 0. The standard InChI is InChI=1S/C13H18FN5O4S/c14-11-9(8-23-13(20)17-12(15)16)2-1-3-10(11)18-4-6-19(7-5-18)24(21)22/h1-3H,4-8H2,(H,21,22)(H4,15,16,17,20). The van der Waals surface area contributed by atoms with E-state index in [0.29, 0.717) is 31.9 Å². The Balaban J connectivity index is 2.04. The summed E-state index contributed by atoms with van der Waals surface area (Å²) in [5, 5.41) is 0. The van der Waals surface area contributed by atoms with Crippen LogP contribution in [0.25, 0.3) is 0 Å². The SMILES string of the molecule is NC(N)=NC(=O)OCc1cccc(N2CCN(S(=O)O)CC2)c1F. The number of hydrogen-bond acceptors (Lipinski definition) is 4. The number of piperazine rings is 1. The number of anilines is 1. The molecule has 0 saturated carbocycles. The molecule has 1 atom stereocenters. The van der Waals surface area contributed by atoms with Gasteiger partial charge in [0.25, 0.3) is 0 Å². The maximum Gasteiger partial charge on any atom is 0.437 e. The van der Waals surface area contributed by atoms with Crippen LogP contribution < -0.4 is 16.4 Å². The van der Waals surface area contributed by atoms with Crippen molar-refractivity contribution in [3.05, 3.63) is 29.6 Å². The van der Waals surface area contributed by atoms with Gasteiger partial charge in [-0.05, 0) is 6.07 Å². The number of ether oxygens (including phenoxy) is 1. The highest BCUT2D eigenvalue weighted by molar-refractivity contribution is 7.76. The van der Waals surface area contributed by atoms with Crippen LogP contribution in [0.3, 0.4) is 0 Å². The molecule has 1 aliphatic heterocycles. The molecule has 11 heteroatoms. The molecule has 5 N–H and O–H groups in total. The fraction of sp³-hybridized carbons (Fsp3) is 0.385. The number of hydrogen-bond donors (Lipinski definition) is 3. The Morgan fingerprint density at radius 3 is 2.58 bits per heavy atom. The molecule has 24 heavy (non-hydrogen) atoms. The molecule has 1 amide bonds. The van der Waals surface area contributed by atoms with Crippen LogP contribution >= 0.6 is 0 Å². The minimum absolute atomic E-state index is 0.180. The summed E-state index contributed by atoms with van der Waals surface area (Å²) >= 11 is -2.02. The first-order valence-corrected chi connectivity index (χ1v) is 8.09. The van der Waals surface area contributed by atoms with Gasteiger partial charge in [-0.2, -0.15) is 4.31 Å². The zero-order valence-corrected chi connectivity index (χ0v) is 13.5. The average Bonchev–Trinajstić information content (AvgIpc) is 2.53. The molecular weight excluding hydrogens is 341 g/mol. The normalized spacial score (nSPS) is 16.5. The maximum atomic E-state index is 14.6. The first kappa shape index (κ1) is 18.1. The van der Waals surface area contributed by atoms with Gasteiger partial charge in [0.05, 0.1) is 5.69 Å². The molecule has 1 saturated heterocycles. The van der Waals surface area contributed by atoms with Crippen LogP contribution in [-0.2, 0) is 22.6 Å². The monoisotopic (exact) mass is 359 g/mol. The minimum Gasteiger partial charge on any atom is -0.443 e. The van der Waals surface area contributed by atoms with Crippen molar-refractivity contribution in [3.63, 3.8) is 0 Å². The zero-order chi connectivity index (χ0) is 17.7. The molecule has 1 aliphatic rings. The summed E-state index contributed by atoms with van der Waals surface area (Å²) in [6.45, 7) is 1.18. The number of nitrogens with two attached hydrogens (primary N) is 2. The Bertz CT molecular complexity index is 660. The molecule has 1 fully saturated rings. The van der Waals surface area contributed by atoms with E-state index >= 15 is 0 Å². The van der Waals surface area contributed by atoms with Gasteiger partial charge in [0.1, 0.15) is 6.61 Å². The van der Waals surface area contributed by atoms with Crippen molar-refractivity contribution in [2.24, 2.45) is 16.5 Å². The van der Waals surface area contributed by atoms with Gasteiger partial charge in [0.15, 0.2) is 11.8 Å². The quantitative estimate of drug-likeness (QED) is 0.391. The Hall–Kier alpha value is -2.24. The third kappa shape index (κ3) is 4.63. The number of carbonyl (C=O) groups is 1. The second kappa shape index (κ2) is 8.04. The van der Waals surface area contributed by atoms with Crippen molar-refractivity contribution in [1.82, 2.24) is 4.31 Å². The van der Waals surface area contributed by atoms with E-state index < -0.39 is 29.1 Å². The molecule has 0 bridgehead atoms. The second-order valence-electron chi connectivity index (χ2n) is 4.99. The molecule has 0 aliphatic carbocycles. The maximum absolute atomic E-state index is 14.6. The number of rotatable bonds is 4. The van der Waals surface area contributed by atoms with Gasteiger partial charge in [-0.15, -0.1) is 4.99 Å². The molecule has 9 nitrogen and oxygen atoms in total. The molecule has 132 valence electrons. The Kier molecular flexibility index (Phi) is 6.06. The van der Waals surface area contributed by atoms with Crippen molar-refractivity contribution < 1.29 is 22.7 Å². The number of aliphatic imine (C=N–C) groups is 1. The van der Waals surface area contributed by atoms with Crippen molar-refractivity contribution in [2.45, 2.75) is 6.61 Å². The Morgan fingerprint density at radius 1 is 1.33 bits per heavy atom. The Labute approximate surface area is 140 Å². The van der Waals surface area contributed by atoms with Crippen LogP contribution in [0.15, 0.2) is 23.2 Å². The largest absolute Gasteiger partial charge is 0.443 e. The summed E-state index contributed by atoms with van der Waals surface area (Å²) in [4.78, 5) is 16.2. The molecule has 0 aromatic heterocycles. The number of halogens is 1. The zero-order valence-electron chi connectivity index (χ0n) is 12.7. The topological polar surface area (TPSA) is 134 Å². The van der Waals surface area contributed by atoms with Crippen LogP contribution in [0.2, 0.25) is 0 Å². The van der Waals surface area contributed by atoms with Crippen LogP contribution in [-0.4, -0.2) is 51.3 Å². The summed E-state index contributed by atoms with van der Waals surface area (Å²) in [5.74, 6) is -0.957. The molecule has 1 unspecified atom stereocenters. The average molecular weight is 359 g/mol. The number of benzene rings is 1. The fourth-order valence-corrected chi connectivity index (χ4v) is 2.76. The summed E-state index contributed by atoms with van der Waals surface area (Å²) in [6, 6.07) is 4.72. The second-order valence-corrected chi connectivity index (χ2v) is 5.97. The first-order chi connectivity index (χ1) is 11.4. The smallest absolute Gasteiger partial charge is 0.437 e. The number of carbonyl (C=O) groups excluding carboxylic acids is 1. The van der Waals surface area contributed by atoms with Crippen LogP contribution in [0, 0.1) is 5.82 Å². The predicted molar refractivity (Wildman–Crippen MR) is 87.0 cm³/mol. The molecular formula is C13H18FN5O4S. The van der Waals surface area contributed by atoms with Crippen LogP contribution in [0.5, 0.6) is 0 Å². The van der Waals surface area contributed by atoms with Crippen molar-refractivity contribution >= 4 is 29.0 Å². The molecule has 1 heterocycles. The highest BCUT2D eigenvalue weighted by Crippen LogP contribution is 2.24. The van der Waals surface area contributed by atoms with E-state index in [2.05, 4.69) is 4.99 Å². The van der Waals surface area contributed by atoms with E-state index in [-0.39, 0.29) is 12.2 Å². The number of nitrogens with zero attached hydrogens (tertiary/aromatic N) is 3.